The molecule has 2 unspecified atom stereocenters. The molecule has 2 atom stereocenters. The number of anilines is 2. The number of hydrogen-bond donors (Lipinski definition) is 2. The Bertz CT molecular complexity index is 600. The Balaban J connectivity index is 0.000000549. The van der Waals surface area contributed by atoms with E-state index in [1.165, 1.54) is 50.8 Å². The average molecular weight is 345 g/mol. The van der Waals surface area contributed by atoms with Gasteiger partial charge in [0, 0.05) is 36.5 Å². The van der Waals surface area contributed by atoms with E-state index in [1.54, 1.807) is 0 Å². The van der Waals surface area contributed by atoms with Gasteiger partial charge in [-0.3, -0.25) is 10.2 Å². The lowest BCUT2D eigenvalue weighted by atomic mass is 10.1. The average Bonchev–Trinajstić information content (AvgIpc) is 3.27. The van der Waals surface area contributed by atoms with Crippen LogP contribution >= 0.6 is 0 Å². The molecule has 4 rings (SSSR count). The lowest BCUT2D eigenvalue weighted by Gasteiger charge is -2.28. The second kappa shape index (κ2) is 8.09. The van der Waals surface area contributed by atoms with Gasteiger partial charge in [-0.05, 0) is 63.4 Å². The normalized spacial score (nSPS) is 25.4. The molecule has 138 valence electrons. The maximum Gasteiger partial charge on any atom is 0.409 e. The van der Waals surface area contributed by atoms with Gasteiger partial charge >= 0.3 is 6.09 Å². The molecule has 2 aliphatic heterocycles. The van der Waals surface area contributed by atoms with Crippen molar-refractivity contribution in [2.24, 2.45) is 0 Å². The number of rotatable bonds is 3. The number of carbonyl (C=O) groups is 1. The Morgan fingerprint density at radius 1 is 1.16 bits per heavy atom. The van der Waals surface area contributed by atoms with Gasteiger partial charge in [-0.2, -0.15) is 0 Å². The third-order valence-corrected chi connectivity index (χ3v) is 5.41. The summed E-state index contributed by atoms with van der Waals surface area (Å²) in [5.41, 5.74) is 2.83. The fraction of sp³-hybridized carbons (Fsp3) is 0.650. The molecule has 2 heterocycles. The maximum atomic E-state index is 10.8. The van der Waals surface area contributed by atoms with Crippen LogP contribution in [-0.4, -0.2) is 47.8 Å². The van der Waals surface area contributed by atoms with E-state index in [1.807, 2.05) is 19.1 Å². The van der Waals surface area contributed by atoms with Crippen LogP contribution in [0.25, 0.3) is 0 Å². The number of aryl methyl sites for hydroxylation is 1. The summed E-state index contributed by atoms with van der Waals surface area (Å²) in [7, 11) is 0. The van der Waals surface area contributed by atoms with Gasteiger partial charge in [-0.25, -0.2) is 4.79 Å². The summed E-state index contributed by atoms with van der Waals surface area (Å²) >= 11 is 0. The number of nitrogens with one attached hydrogen (secondary N) is 1. The SMILES string of the molecule is C1CC1.Cc1cc(N2CCC(N3CCCC3C)C2)ccc1NC(=O)O. The first-order valence-corrected chi connectivity index (χ1v) is 9.66. The highest BCUT2D eigenvalue weighted by Gasteiger charge is 2.32. The third kappa shape index (κ3) is 4.88. The van der Waals surface area contributed by atoms with Crippen molar-refractivity contribution in [3.8, 4) is 0 Å². The molecule has 25 heavy (non-hydrogen) atoms. The van der Waals surface area contributed by atoms with Gasteiger partial charge < -0.3 is 10.0 Å². The number of likely N-dealkylation sites (tertiary alicyclic amines) is 1. The monoisotopic (exact) mass is 345 g/mol. The van der Waals surface area contributed by atoms with Crippen LogP contribution in [0.4, 0.5) is 16.2 Å². The summed E-state index contributed by atoms with van der Waals surface area (Å²) in [5.74, 6) is 0. The van der Waals surface area contributed by atoms with E-state index in [-0.39, 0.29) is 0 Å². The summed E-state index contributed by atoms with van der Waals surface area (Å²) < 4.78 is 0. The molecule has 1 amide bonds. The summed E-state index contributed by atoms with van der Waals surface area (Å²) in [6, 6.07) is 7.35. The van der Waals surface area contributed by atoms with E-state index in [0.29, 0.717) is 17.8 Å². The summed E-state index contributed by atoms with van der Waals surface area (Å²) in [5, 5.41) is 11.3. The molecule has 1 aromatic rings. The quantitative estimate of drug-likeness (QED) is 0.857. The van der Waals surface area contributed by atoms with Gasteiger partial charge in [0.2, 0.25) is 0 Å². The van der Waals surface area contributed by atoms with E-state index in [4.69, 9.17) is 5.11 Å². The zero-order chi connectivity index (χ0) is 17.8. The van der Waals surface area contributed by atoms with Gasteiger partial charge in [-0.1, -0.05) is 19.3 Å². The standard InChI is InChI=1S/C17H25N3O2.C3H6/c1-12-10-14(5-6-16(12)18-17(21)22)19-9-7-15(11-19)20-8-3-4-13(20)2;1-2-3-1/h5-6,10,13,15,18H,3-4,7-9,11H2,1-2H3,(H,21,22);1-3H2. The van der Waals surface area contributed by atoms with Crippen molar-refractivity contribution in [2.45, 2.75) is 64.5 Å². The first-order chi connectivity index (χ1) is 12.0. The van der Waals surface area contributed by atoms with E-state index in [0.717, 1.165) is 18.7 Å². The highest BCUT2D eigenvalue weighted by molar-refractivity contribution is 5.84. The van der Waals surface area contributed by atoms with Gasteiger partial charge in [0.15, 0.2) is 0 Å². The fourth-order valence-electron chi connectivity index (χ4n) is 3.84. The van der Waals surface area contributed by atoms with Crippen LogP contribution in [0, 0.1) is 6.92 Å². The minimum Gasteiger partial charge on any atom is -0.465 e. The Labute approximate surface area is 151 Å². The van der Waals surface area contributed by atoms with E-state index < -0.39 is 6.09 Å². The number of amides is 1. The molecule has 3 aliphatic rings. The highest BCUT2D eigenvalue weighted by Crippen LogP contribution is 2.30. The number of nitrogens with zero attached hydrogens (tertiary/aromatic N) is 2. The molecule has 1 aromatic carbocycles. The third-order valence-electron chi connectivity index (χ3n) is 5.41. The van der Waals surface area contributed by atoms with Gasteiger partial charge in [0.05, 0.1) is 0 Å². The van der Waals surface area contributed by atoms with Crippen molar-refractivity contribution in [3.63, 3.8) is 0 Å². The lowest BCUT2D eigenvalue weighted by Crippen LogP contribution is -2.39. The van der Waals surface area contributed by atoms with Crippen LogP contribution < -0.4 is 10.2 Å². The number of hydrogen-bond acceptors (Lipinski definition) is 3. The molecule has 1 saturated carbocycles. The highest BCUT2D eigenvalue weighted by atomic mass is 16.4. The maximum absolute atomic E-state index is 10.8. The van der Waals surface area contributed by atoms with Crippen molar-refractivity contribution in [3.05, 3.63) is 23.8 Å². The van der Waals surface area contributed by atoms with Crippen LogP contribution in [-0.2, 0) is 0 Å². The van der Waals surface area contributed by atoms with E-state index in [9.17, 15) is 4.79 Å². The smallest absolute Gasteiger partial charge is 0.409 e. The van der Waals surface area contributed by atoms with Crippen LogP contribution in [0.15, 0.2) is 18.2 Å². The Morgan fingerprint density at radius 2 is 1.92 bits per heavy atom. The van der Waals surface area contributed by atoms with E-state index >= 15 is 0 Å². The fourth-order valence-corrected chi connectivity index (χ4v) is 3.84. The predicted molar refractivity (Wildman–Crippen MR) is 103 cm³/mol. The molecule has 0 radical (unpaired) electrons. The molecule has 3 fully saturated rings. The summed E-state index contributed by atoms with van der Waals surface area (Å²) in [6.07, 6.45) is 7.36. The zero-order valence-electron chi connectivity index (χ0n) is 15.5. The molecule has 5 heteroatoms. The van der Waals surface area contributed by atoms with Crippen molar-refractivity contribution >= 4 is 17.5 Å². The first kappa shape index (κ1) is 18.1. The minimum atomic E-state index is -1.01. The second-order valence-corrected chi connectivity index (χ2v) is 7.61. The molecule has 0 aromatic heterocycles. The molecule has 2 N–H and O–H groups in total. The molecular weight excluding hydrogens is 314 g/mol. The Kier molecular flexibility index (Phi) is 5.84. The van der Waals surface area contributed by atoms with Crippen molar-refractivity contribution in [1.29, 1.82) is 0 Å². The second-order valence-electron chi connectivity index (χ2n) is 7.61. The summed E-state index contributed by atoms with van der Waals surface area (Å²) in [4.78, 5) is 15.8. The molecule has 5 nitrogen and oxygen atoms in total. The summed E-state index contributed by atoms with van der Waals surface area (Å²) in [6.45, 7) is 7.69. The zero-order valence-corrected chi connectivity index (χ0v) is 15.5. The van der Waals surface area contributed by atoms with Crippen molar-refractivity contribution in [1.82, 2.24) is 4.90 Å². The lowest BCUT2D eigenvalue weighted by molar-refractivity contribution is 0.204. The Morgan fingerprint density at radius 3 is 2.48 bits per heavy atom. The predicted octanol–water partition coefficient (Wildman–Crippen LogP) is 4.32. The van der Waals surface area contributed by atoms with Crippen molar-refractivity contribution in [2.75, 3.05) is 29.9 Å². The largest absolute Gasteiger partial charge is 0.465 e. The van der Waals surface area contributed by atoms with E-state index in [2.05, 4.69) is 28.1 Å². The van der Waals surface area contributed by atoms with Crippen LogP contribution in [0.2, 0.25) is 0 Å². The first-order valence-electron chi connectivity index (χ1n) is 9.66. The van der Waals surface area contributed by atoms with Gasteiger partial charge in [-0.15, -0.1) is 0 Å². The van der Waals surface area contributed by atoms with Crippen LogP contribution in [0.5, 0.6) is 0 Å². The minimum absolute atomic E-state index is 0.662. The van der Waals surface area contributed by atoms with Crippen LogP contribution in [0.3, 0.4) is 0 Å². The topological polar surface area (TPSA) is 55.8 Å². The van der Waals surface area contributed by atoms with Crippen LogP contribution in [0.1, 0.15) is 51.0 Å². The molecular formula is C20H31N3O2. The Hall–Kier alpha value is -1.75. The van der Waals surface area contributed by atoms with Gasteiger partial charge in [0.25, 0.3) is 0 Å². The van der Waals surface area contributed by atoms with Gasteiger partial charge in [0.1, 0.15) is 0 Å². The van der Waals surface area contributed by atoms with Crippen molar-refractivity contribution < 1.29 is 9.90 Å². The molecule has 0 spiro atoms. The molecule has 2 saturated heterocycles. The molecule has 1 aliphatic carbocycles. The molecule has 0 bridgehead atoms. The number of benzene rings is 1. The number of carboxylic acid groups (broad SMARTS) is 1.